The zero-order valence-corrected chi connectivity index (χ0v) is 12.7. The molecule has 1 heterocycles. The van der Waals surface area contributed by atoms with Gasteiger partial charge in [-0.2, -0.15) is 0 Å². The van der Waals surface area contributed by atoms with Gasteiger partial charge in [0.2, 0.25) is 0 Å². The highest BCUT2D eigenvalue weighted by Gasteiger charge is 2.07. The standard InChI is InChI=1S/C15H17BrN2O/c1-3-17-9-12-10-18-7-6-14(12)19-15-5-4-11(2)8-13(15)16/h4-8,10,17H,3,9H2,1-2H3. The van der Waals surface area contributed by atoms with Gasteiger partial charge in [-0.05, 0) is 53.2 Å². The molecule has 0 unspecified atom stereocenters. The van der Waals surface area contributed by atoms with Gasteiger partial charge in [0, 0.05) is 24.5 Å². The molecule has 100 valence electrons. The van der Waals surface area contributed by atoms with E-state index < -0.39 is 0 Å². The number of benzene rings is 1. The SMILES string of the molecule is CCNCc1cnccc1Oc1ccc(C)cc1Br. The molecule has 1 N–H and O–H groups in total. The number of aromatic nitrogens is 1. The molecule has 2 aromatic rings. The average Bonchev–Trinajstić information content (AvgIpc) is 2.41. The third-order valence-electron chi connectivity index (χ3n) is 2.73. The Bertz CT molecular complexity index is 558. The first-order chi connectivity index (χ1) is 9.20. The molecule has 1 aromatic carbocycles. The van der Waals surface area contributed by atoms with E-state index in [2.05, 4.69) is 40.1 Å². The number of halogens is 1. The van der Waals surface area contributed by atoms with Crippen LogP contribution in [0.1, 0.15) is 18.1 Å². The van der Waals surface area contributed by atoms with Gasteiger partial charge in [0.1, 0.15) is 11.5 Å². The Morgan fingerprint density at radius 3 is 2.84 bits per heavy atom. The van der Waals surface area contributed by atoms with Crippen LogP contribution in [0.25, 0.3) is 0 Å². The summed E-state index contributed by atoms with van der Waals surface area (Å²) < 4.78 is 6.92. The van der Waals surface area contributed by atoms with Crippen molar-refractivity contribution in [3.05, 3.63) is 52.3 Å². The maximum absolute atomic E-state index is 5.97. The van der Waals surface area contributed by atoms with Crippen LogP contribution in [0, 0.1) is 6.92 Å². The predicted octanol–water partition coefficient (Wildman–Crippen LogP) is 4.05. The fourth-order valence-corrected chi connectivity index (χ4v) is 2.29. The second-order valence-corrected chi connectivity index (χ2v) is 5.15. The minimum atomic E-state index is 0.753. The van der Waals surface area contributed by atoms with E-state index in [0.717, 1.165) is 34.6 Å². The van der Waals surface area contributed by atoms with Crippen LogP contribution in [0.5, 0.6) is 11.5 Å². The van der Waals surface area contributed by atoms with Crippen molar-refractivity contribution in [2.75, 3.05) is 6.54 Å². The normalized spacial score (nSPS) is 10.5. The Hall–Kier alpha value is -1.39. The molecule has 0 amide bonds. The summed E-state index contributed by atoms with van der Waals surface area (Å²) in [6.45, 7) is 5.80. The molecular formula is C15H17BrN2O. The van der Waals surface area contributed by atoms with Gasteiger partial charge in [0.25, 0.3) is 0 Å². The number of nitrogens with one attached hydrogen (secondary N) is 1. The molecule has 0 aliphatic rings. The molecule has 0 saturated carbocycles. The fourth-order valence-electron chi connectivity index (χ4n) is 1.71. The summed E-state index contributed by atoms with van der Waals surface area (Å²) in [5.41, 5.74) is 2.25. The van der Waals surface area contributed by atoms with Crippen molar-refractivity contribution in [3.8, 4) is 11.5 Å². The number of hydrogen-bond acceptors (Lipinski definition) is 3. The van der Waals surface area contributed by atoms with Gasteiger partial charge in [-0.3, -0.25) is 4.98 Å². The number of ether oxygens (including phenoxy) is 1. The Balaban J connectivity index is 2.22. The van der Waals surface area contributed by atoms with Gasteiger partial charge in [0.15, 0.2) is 0 Å². The van der Waals surface area contributed by atoms with E-state index in [-0.39, 0.29) is 0 Å². The highest BCUT2D eigenvalue weighted by Crippen LogP contribution is 2.31. The number of aryl methyl sites for hydroxylation is 1. The van der Waals surface area contributed by atoms with E-state index in [0.29, 0.717) is 0 Å². The lowest BCUT2D eigenvalue weighted by Gasteiger charge is -2.12. The summed E-state index contributed by atoms with van der Waals surface area (Å²) in [6.07, 6.45) is 3.58. The predicted molar refractivity (Wildman–Crippen MR) is 80.6 cm³/mol. The van der Waals surface area contributed by atoms with Crippen LogP contribution in [-0.4, -0.2) is 11.5 Å². The first kappa shape index (κ1) is 14.0. The summed E-state index contributed by atoms with van der Waals surface area (Å²) in [5.74, 6) is 1.65. The third-order valence-corrected chi connectivity index (χ3v) is 3.35. The Kier molecular flexibility index (Phi) is 4.93. The lowest BCUT2D eigenvalue weighted by Crippen LogP contribution is -2.12. The van der Waals surface area contributed by atoms with Crippen LogP contribution in [-0.2, 0) is 6.54 Å². The van der Waals surface area contributed by atoms with Gasteiger partial charge in [-0.15, -0.1) is 0 Å². The van der Waals surface area contributed by atoms with Crippen molar-refractivity contribution >= 4 is 15.9 Å². The number of pyridine rings is 1. The van der Waals surface area contributed by atoms with E-state index in [1.165, 1.54) is 5.56 Å². The summed E-state index contributed by atoms with van der Waals surface area (Å²) in [4.78, 5) is 4.14. The fraction of sp³-hybridized carbons (Fsp3) is 0.267. The van der Waals surface area contributed by atoms with E-state index >= 15 is 0 Å². The molecule has 0 fully saturated rings. The topological polar surface area (TPSA) is 34.2 Å². The molecule has 1 aromatic heterocycles. The zero-order chi connectivity index (χ0) is 13.7. The van der Waals surface area contributed by atoms with Crippen LogP contribution < -0.4 is 10.1 Å². The van der Waals surface area contributed by atoms with Gasteiger partial charge in [-0.25, -0.2) is 0 Å². The molecular weight excluding hydrogens is 304 g/mol. The van der Waals surface area contributed by atoms with Crippen molar-refractivity contribution in [1.29, 1.82) is 0 Å². The first-order valence-corrected chi connectivity index (χ1v) is 7.07. The van der Waals surface area contributed by atoms with Crippen LogP contribution in [0.15, 0.2) is 41.1 Å². The van der Waals surface area contributed by atoms with Crippen LogP contribution >= 0.6 is 15.9 Å². The maximum Gasteiger partial charge on any atom is 0.141 e. The second kappa shape index (κ2) is 6.68. The molecule has 0 atom stereocenters. The molecule has 19 heavy (non-hydrogen) atoms. The molecule has 0 aliphatic heterocycles. The average molecular weight is 321 g/mol. The van der Waals surface area contributed by atoms with E-state index in [1.807, 2.05) is 30.5 Å². The molecule has 0 bridgehead atoms. The van der Waals surface area contributed by atoms with Crippen molar-refractivity contribution in [2.45, 2.75) is 20.4 Å². The Morgan fingerprint density at radius 2 is 2.11 bits per heavy atom. The Morgan fingerprint density at radius 1 is 1.26 bits per heavy atom. The van der Waals surface area contributed by atoms with E-state index in [1.54, 1.807) is 6.20 Å². The lowest BCUT2D eigenvalue weighted by molar-refractivity contribution is 0.469. The third kappa shape index (κ3) is 3.78. The van der Waals surface area contributed by atoms with Crippen molar-refractivity contribution < 1.29 is 4.74 Å². The molecule has 0 aliphatic carbocycles. The molecule has 4 heteroatoms. The molecule has 2 rings (SSSR count). The molecule has 0 radical (unpaired) electrons. The van der Waals surface area contributed by atoms with Crippen LogP contribution in [0.4, 0.5) is 0 Å². The summed E-state index contributed by atoms with van der Waals surface area (Å²) in [7, 11) is 0. The van der Waals surface area contributed by atoms with Gasteiger partial charge in [-0.1, -0.05) is 13.0 Å². The Labute approximate surface area is 122 Å². The summed E-state index contributed by atoms with van der Waals surface area (Å²) in [5, 5.41) is 3.28. The first-order valence-electron chi connectivity index (χ1n) is 6.28. The number of hydrogen-bond donors (Lipinski definition) is 1. The summed E-state index contributed by atoms with van der Waals surface area (Å²) in [6, 6.07) is 7.93. The van der Waals surface area contributed by atoms with Gasteiger partial charge in [0.05, 0.1) is 4.47 Å². The van der Waals surface area contributed by atoms with Crippen molar-refractivity contribution in [2.24, 2.45) is 0 Å². The minimum absolute atomic E-state index is 0.753. The quantitative estimate of drug-likeness (QED) is 0.902. The number of nitrogens with zero attached hydrogens (tertiary/aromatic N) is 1. The highest BCUT2D eigenvalue weighted by atomic mass is 79.9. The lowest BCUT2D eigenvalue weighted by atomic mass is 10.2. The molecule has 0 spiro atoms. The van der Waals surface area contributed by atoms with Crippen LogP contribution in [0.3, 0.4) is 0 Å². The zero-order valence-electron chi connectivity index (χ0n) is 11.1. The largest absolute Gasteiger partial charge is 0.456 e. The summed E-state index contributed by atoms with van der Waals surface area (Å²) >= 11 is 3.53. The smallest absolute Gasteiger partial charge is 0.141 e. The monoisotopic (exact) mass is 320 g/mol. The molecule has 0 saturated heterocycles. The maximum atomic E-state index is 5.97. The minimum Gasteiger partial charge on any atom is -0.456 e. The second-order valence-electron chi connectivity index (χ2n) is 4.30. The van der Waals surface area contributed by atoms with Crippen molar-refractivity contribution in [3.63, 3.8) is 0 Å². The van der Waals surface area contributed by atoms with Crippen LogP contribution in [0.2, 0.25) is 0 Å². The molecule has 3 nitrogen and oxygen atoms in total. The van der Waals surface area contributed by atoms with E-state index in [4.69, 9.17) is 4.74 Å². The number of rotatable bonds is 5. The van der Waals surface area contributed by atoms with Gasteiger partial charge < -0.3 is 10.1 Å². The highest BCUT2D eigenvalue weighted by molar-refractivity contribution is 9.10. The van der Waals surface area contributed by atoms with Gasteiger partial charge >= 0.3 is 0 Å². The van der Waals surface area contributed by atoms with Crippen molar-refractivity contribution in [1.82, 2.24) is 10.3 Å². The van der Waals surface area contributed by atoms with E-state index in [9.17, 15) is 0 Å².